The first kappa shape index (κ1) is 13.7. The number of H-pyrrole nitrogens is 1. The molecule has 0 aliphatic rings. The summed E-state index contributed by atoms with van der Waals surface area (Å²) in [5, 5.41) is 2.31. The molecule has 0 spiro atoms. The topological polar surface area (TPSA) is 71.2 Å². The maximum atomic E-state index is 13.2. The van der Waals surface area contributed by atoms with Crippen LogP contribution in [0.3, 0.4) is 0 Å². The average molecular weight is 280 g/mol. The normalized spacial score (nSPS) is 10.1. The first-order valence-corrected chi connectivity index (χ1v) is 5.61. The maximum absolute atomic E-state index is 13.2. The number of hydrogen-bond donors (Lipinski definition) is 2. The third-order valence-electron chi connectivity index (χ3n) is 2.34. The molecule has 1 amide bonds. The highest BCUT2D eigenvalue weighted by molar-refractivity contribution is 5.91. The molecule has 2 rings (SSSR count). The monoisotopic (exact) mass is 280 g/mol. The van der Waals surface area contributed by atoms with Crippen LogP contribution in [0, 0.1) is 11.6 Å². The lowest BCUT2D eigenvalue weighted by Crippen LogP contribution is -2.24. The van der Waals surface area contributed by atoms with Gasteiger partial charge in [-0.1, -0.05) is 0 Å². The second-order valence-electron chi connectivity index (χ2n) is 3.82. The largest absolute Gasteiger partial charge is 0.481 e. The molecule has 1 aromatic carbocycles. The second kappa shape index (κ2) is 5.96. The Morgan fingerprint density at radius 3 is 2.80 bits per heavy atom. The molecule has 0 atom stereocenters. The van der Waals surface area contributed by atoms with Crippen LogP contribution in [0.15, 0.2) is 41.3 Å². The average Bonchev–Trinajstić information content (AvgIpc) is 2.40. The van der Waals surface area contributed by atoms with Crippen molar-refractivity contribution in [3.63, 3.8) is 0 Å². The van der Waals surface area contributed by atoms with E-state index in [-0.39, 0.29) is 11.4 Å². The van der Waals surface area contributed by atoms with Gasteiger partial charge in [-0.15, -0.1) is 0 Å². The van der Waals surface area contributed by atoms with Crippen LogP contribution in [0.2, 0.25) is 0 Å². The summed E-state index contributed by atoms with van der Waals surface area (Å²) in [7, 11) is 0. The van der Waals surface area contributed by atoms with Crippen molar-refractivity contribution in [2.24, 2.45) is 0 Å². The molecule has 0 saturated carbocycles. The SMILES string of the molecule is O=C(COc1ccc(F)cc1F)Nc1ccc[nH]c1=O. The number of ether oxygens (including phenoxy) is 1. The van der Waals surface area contributed by atoms with Crippen molar-refractivity contribution in [1.29, 1.82) is 0 Å². The summed E-state index contributed by atoms with van der Waals surface area (Å²) in [6, 6.07) is 5.69. The highest BCUT2D eigenvalue weighted by Crippen LogP contribution is 2.17. The molecule has 0 aliphatic heterocycles. The Labute approximate surface area is 112 Å². The van der Waals surface area contributed by atoms with Crippen molar-refractivity contribution in [3.05, 3.63) is 58.5 Å². The molecule has 7 heteroatoms. The fourth-order valence-corrected chi connectivity index (χ4v) is 1.44. The lowest BCUT2D eigenvalue weighted by molar-refractivity contribution is -0.118. The van der Waals surface area contributed by atoms with E-state index >= 15 is 0 Å². The molecule has 104 valence electrons. The fraction of sp³-hybridized carbons (Fsp3) is 0.0769. The zero-order chi connectivity index (χ0) is 14.5. The summed E-state index contributed by atoms with van der Waals surface area (Å²) in [6.45, 7) is -0.503. The third-order valence-corrected chi connectivity index (χ3v) is 2.34. The van der Waals surface area contributed by atoms with E-state index in [9.17, 15) is 18.4 Å². The van der Waals surface area contributed by atoms with Gasteiger partial charge < -0.3 is 15.0 Å². The number of anilines is 1. The number of nitrogens with one attached hydrogen (secondary N) is 2. The van der Waals surface area contributed by atoms with E-state index in [1.807, 2.05) is 0 Å². The Hall–Kier alpha value is -2.70. The zero-order valence-electron chi connectivity index (χ0n) is 10.2. The van der Waals surface area contributed by atoms with Gasteiger partial charge in [0.05, 0.1) is 0 Å². The van der Waals surface area contributed by atoms with Gasteiger partial charge in [-0.05, 0) is 24.3 Å². The number of amides is 1. The van der Waals surface area contributed by atoms with Crippen molar-refractivity contribution in [3.8, 4) is 5.75 Å². The number of halogens is 2. The van der Waals surface area contributed by atoms with Gasteiger partial charge in [0.2, 0.25) is 0 Å². The summed E-state index contributed by atoms with van der Waals surface area (Å²) in [4.78, 5) is 25.2. The van der Waals surface area contributed by atoms with E-state index in [0.29, 0.717) is 6.07 Å². The van der Waals surface area contributed by atoms with Crippen LogP contribution in [0.5, 0.6) is 5.75 Å². The number of aromatic nitrogens is 1. The lowest BCUT2D eigenvalue weighted by atomic mass is 10.3. The van der Waals surface area contributed by atoms with Gasteiger partial charge in [0.15, 0.2) is 18.2 Å². The number of aromatic amines is 1. The fourth-order valence-electron chi connectivity index (χ4n) is 1.44. The first-order valence-electron chi connectivity index (χ1n) is 5.61. The molecule has 2 N–H and O–H groups in total. The molecule has 1 aromatic heterocycles. The molecule has 0 saturated heterocycles. The van der Waals surface area contributed by atoms with E-state index in [4.69, 9.17) is 4.74 Å². The van der Waals surface area contributed by atoms with Crippen LogP contribution in [-0.2, 0) is 4.79 Å². The number of pyridine rings is 1. The van der Waals surface area contributed by atoms with E-state index < -0.39 is 29.7 Å². The molecule has 5 nitrogen and oxygen atoms in total. The standard InChI is InChI=1S/C13H10F2N2O3/c14-8-3-4-11(9(15)6-8)20-7-12(18)17-10-2-1-5-16-13(10)19/h1-6H,7H2,(H,16,19)(H,17,18). The zero-order valence-corrected chi connectivity index (χ0v) is 10.2. The van der Waals surface area contributed by atoms with E-state index in [2.05, 4.69) is 10.3 Å². The van der Waals surface area contributed by atoms with Gasteiger partial charge in [0, 0.05) is 12.3 Å². The summed E-state index contributed by atoms with van der Waals surface area (Å²) in [6.07, 6.45) is 1.42. The maximum Gasteiger partial charge on any atom is 0.271 e. The number of carbonyl (C=O) groups is 1. The Balaban J connectivity index is 1.96. The van der Waals surface area contributed by atoms with Gasteiger partial charge in [-0.25, -0.2) is 8.78 Å². The van der Waals surface area contributed by atoms with Crippen molar-refractivity contribution in [2.45, 2.75) is 0 Å². The second-order valence-corrected chi connectivity index (χ2v) is 3.82. The van der Waals surface area contributed by atoms with E-state index in [1.165, 1.54) is 18.3 Å². The summed E-state index contributed by atoms with van der Waals surface area (Å²) >= 11 is 0. The molecule has 0 aliphatic carbocycles. The summed E-state index contributed by atoms with van der Waals surface area (Å²) in [5.74, 6) is -2.53. The number of benzene rings is 1. The Kier molecular flexibility index (Phi) is 4.09. The molecule has 20 heavy (non-hydrogen) atoms. The molecular formula is C13H10F2N2O3. The molecule has 2 aromatic rings. The minimum absolute atomic E-state index is 0.0562. The minimum Gasteiger partial charge on any atom is -0.481 e. The highest BCUT2D eigenvalue weighted by atomic mass is 19.1. The van der Waals surface area contributed by atoms with E-state index in [0.717, 1.165) is 12.1 Å². The van der Waals surface area contributed by atoms with E-state index in [1.54, 1.807) is 0 Å². The quantitative estimate of drug-likeness (QED) is 0.895. The molecule has 0 fully saturated rings. The van der Waals surface area contributed by atoms with Gasteiger partial charge in [-0.2, -0.15) is 0 Å². The van der Waals surface area contributed by atoms with Gasteiger partial charge in [0.25, 0.3) is 11.5 Å². The van der Waals surface area contributed by atoms with Crippen molar-refractivity contribution in [2.75, 3.05) is 11.9 Å². The number of rotatable bonds is 4. The molecule has 0 bridgehead atoms. The number of carbonyl (C=O) groups excluding carboxylic acids is 1. The molecular weight excluding hydrogens is 270 g/mol. The van der Waals surface area contributed by atoms with Crippen LogP contribution in [0.25, 0.3) is 0 Å². The summed E-state index contributed by atoms with van der Waals surface area (Å²) < 4.78 is 30.8. The van der Waals surface area contributed by atoms with Crippen LogP contribution in [0.1, 0.15) is 0 Å². The van der Waals surface area contributed by atoms with Gasteiger partial charge in [-0.3, -0.25) is 9.59 Å². The Bertz CT molecular complexity index is 685. The van der Waals surface area contributed by atoms with Crippen LogP contribution < -0.4 is 15.6 Å². The Morgan fingerprint density at radius 2 is 2.10 bits per heavy atom. The molecule has 0 radical (unpaired) electrons. The Morgan fingerprint density at radius 1 is 1.30 bits per heavy atom. The highest BCUT2D eigenvalue weighted by Gasteiger charge is 2.09. The van der Waals surface area contributed by atoms with Gasteiger partial charge >= 0.3 is 0 Å². The van der Waals surface area contributed by atoms with Crippen molar-refractivity contribution >= 4 is 11.6 Å². The predicted molar refractivity (Wildman–Crippen MR) is 67.5 cm³/mol. The third kappa shape index (κ3) is 3.41. The predicted octanol–water partition coefficient (Wildman–Crippen LogP) is 1.67. The van der Waals surface area contributed by atoms with Crippen molar-refractivity contribution < 1.29 is 18.3 Å². The van der Waals surface area contributed by atoms with Crippen molar-refractivity contribution in [1.82, 2.24) is 4.98 Å². The minimum atomic E-state index is -0.907. The molecule has 0 unspecified atom stereocenters. The van der Waals surface area contributed by atoms with Crippen LogP contribution in [-0.4, -0.2) is 17.5 Å². The first-order chi connectivity index (χ1) is 9.56. The summed E-state index contributed by atoms with van der Waals surface area (Å²) in [5.41, 5.74) is -0.408. The smallest absolute Gasteiger partial charge is 0.271 e. The number of hydrogen-bond acceptors (Lipinski definition) is 3. The van der Waals surface area contributed by atoms with Crippen LogP contribution >= 0.6 is 0 Å². The molecule has 1 heterocycles. The lowest BCUT2D eigenvalue weighted by Gasteiger charge is -2.07. The van der Waals surface area contributed by atoms with Gasteiger partial charge in [0.1, 0.15) is 11.5 Å². The van der Waals surface area contributed by atoms with Crippen LogP contribution in [0.4, 0.5) is 14.5 Å².